The van der Waals surface area contributed by atoms with Crippen LogP contribution in [0, 0.1) is 0 Å². The quantitative estimate of drug-likeness (QED) is 0.287. The van der Waals surface area contributed by atoms with Crippen molar-refractivity contribution in [2.24, 2.45) is 0 Å². The minimum atomic E-state index is -0.945. The van der Waals surface area contributed by atoms with Crippen molar-refractivity contribution in [3.8, 4) is 16.9 Å². The maximum Gasteiger partial charge on any atom is 0.333 e. The Labute approximate surface area is 234 Å². The fourth-order valence-electron chi connectivity index (χ4n) is 4.32. The van der Waals surface area contributed by atoms with Crippen LogP contribution < -0.4 is 4.74 Å². The van der Waals surface area contributed by atoms with Crippen LogP contribution >= 0.6 is 0 Å². The molecule has 0 aliphatic rings. The molecule has 0 fully saturated rings. The Morgan fingerprint density at radius 1 is 0.846 bits per heavy atom. The van der Waals surface area contributed by atoms with Crippen LogP contribution in [-0.2, 0) is 26.8 Å². The fourth-order valence-corrected chi connectivity index (χ4v) is 4.32. The molecule has 4 nitrogen and oxygen atoms in total. The smallest absolute Gasteiger partial charge is 0.333 e. The lowest BCUT2D eigenvalue weighted by Gasteiger charge is -2.26. The average molecular weight is 529 g/mol. The summed E-state index contributed by atoms with van der Waals surface area (Å²) in [5, 5.41) is 9.28. The fraction of sp³-hybridized carbons (Fsp3) is 0.400. The first kappa shape index (κ1) is 30.2. The molecular weight excluding hydrogens is 484 g/mol. The number of carboxylic acids is 1. The molecule has 0 bridgehead atoms. The summed E-state index contributed by atoms with van der Waals surface area (Å²) in [5.41, 5.74) is 8.56. The molecule has 0 saturated carbocycles. The van der Waals surface area contributed by atoms with Crippen molar-refractivity contribution < 1.29 is 19.4 Å². The third-order valence-electron chi connectivity index (χ3n) is 6.97. The highest BCUT2D eigenvalue weighted by Gasteiger charge is 2.21. The molecule has 0 heterocycles. The van der Waals surface area contributed by atoms with Crippen molar-refractivity contribution in [3.05, 3.63) is 95.1 Å². The largest absolute Gasteiger partial charge is 0.490 e. The van der Waals surface area contributed by atoms with Gasteiger partial charge < -0.3 is 14.6 Å². The van der Waals surface area contributed by atoms with Gasteiger partial charge in [-0.1, -0.05) is 96.1 Å². The topological polar surface area (TPSA) is 55.8 Å². The lowest BCUT2D eigenvalue weighted by molar-refractivity contribution is -0.149. The molecule has 0 aliphatic carbocycles. The van der Waals surface area contributed by atoms with E-state index in [-0.39, 0.29) is 10.8 Å². The van der Waals surface area contributed by atoms with Crippen LogP contribution in [0.1, 0.15) is 77.6 Å². The second kappa shape index (κ2) is 12.7. The predicted octanol–water partition coefficient (Wildman–Crippen LogP) is 8.46. The predicted molar refractivity (Wildman–Crippen MR) is 162 cm³/mol. The van der Waals surface area contributed by atoms with Crippen molar-refractivity contribution in [1.82, 2.24) is 0 Å². The van der Waals surface area contributed by atoms with Crippen molar-refractivity contribution in [1.29, 1.82) is 0 Å². The molecule has 0 amide bonds. The minimum Gasteiger partial charge on any atom is -0.490 e. The molecule has 0 spiro atoms. The molecule has 3 rings (SSSR count). The van der Waals surface area contributed by atoms with Gasteiger partial charge in [0.15, 0.2) is 6.10 Å². The molecule has 0 radical (unpaired) electrons. The maximum absolute atomic E-state index is 11.3. The second-order valence-corrected chi connectivity index (χ2v) is 12.2. The first-order chi connectivity index (χ1) is 18.3. The van der Waals surface area contributed by atoms with Gasteiger partial charge in [-0.25, -0.2) is 4.79 Å². The summed E-state index contributed by atoms with van der Waals surface area (Å²) >= 11 is 0. The molecule has 39 heavy (non-hydrogen) atoms. The monoisotopic (exact) mass is 528 g/mol. The Morgan fingerprint density at radius 2 is 1.41 bits per heavy atom. The van der Waals surface area contributed by atoms with E-state index in [4.69, 9.17) is 9.47 Å². The highest BCUT2D eigenvalue weighted by molar-refractivity contribution is 5.73. The van der Waals surface area contributed by atoms with Gasteiger partial charge in [0.05, 0.1) is 0 Å². The van der Waals surface area contributed by atoms with E-state index < -0.39 is 12.1 Å². The molecule has 0 aromatic heterocycles. The van der Waals surface area contributed by atoms with Gasteiger partial charge in [-0.15, -0.1) is 0 Å². The van der Waals surface area contributed by atoms with Gasteiger partial charge in [0.2, 0.25) is 0 Å². The highest BCUT2D eigenvalue weighted by Crippen LogP contribution is 2.34. The van der Waals surface area contributed by atoms with Crippen LogP contribution in [0.25, 0.3) is 16.7 Å². The summed E-state index contributed by atoms with van der Waals surface area (Å²) in [6.45, 7) is 18.3. The third-order valence-corrected chi connectivity index (χ3v) is 6.97. The summed E-state index contributed by atoms with van der Waals surface area (Å²) in [6, 6.07) is 23.3. The number of allylic oxidation sites excluding steroid dienone is 1. The van der Waals surface area contributed by atoms with Gasteiger partial charge >= 0.3 is 5.97 Å². The Bertz CT molecular complexity index is 1240. The van der Waals surface area contributed by atoms with Gasteiger partial charge in [0.25, 0.3) is 0 Å². The Morgan fingerprint density at radius 3 is 1.90 bits per heavy atom. The van der Waals surface area contributed by atoms with Gasteiger partial charge in [-0.2, -0.15) is 0 Å². The van der Waals surface area contributed by atoms with E-state index in [2.05, 4.69) is 97.0 Å². The SMILES string of the molecule is CCOC(Cc1ccc(OC/C=C(/C)c2ccc(-c3cc(C(C)(C)C)cc(C(C)(C)C)c3)cc2)cc1)C(=O)O. The lowest BCUT2D eigenvalue weighted by atomic mass is 9.79. The first-order valence-electron chi connectivity index (χ1n) is 13.8. The van der Waals surface area contributed by atoms with E-state index in [1.165, 1.54) is 22.3 Å². The number of hydrogen-bond acceptors (Lipinski definition) is 3. The molecule has 0 aliphatic heterocycles. The van der Waals surface area contributed by atoms with Gasteiger partial charge in [0.1, 0.15) is 12.4 Å². The number of carboxylic acid groups (broad SMARTS) is 1. The van der Waals surface area contributed by atoms with E-state index in [0.717, 1.165) is 22.4 Å². The molecular formula is C35H44O4. The van der Waals surface area contributed by atoms with E-state index >= 15 is 0 Å². The van der Waals surface area contributed by atoms with Gasteiger partial charge in [-0.3, -0.25) is 0 Å². The molecule has 3 aromatic carbocycles. The molecule has 208 valence electrons. The molecule has 1 atom stereocenters. The van der Waals surface area contributed by atoms with Crippen LogP contribution in [0.2, 0.25) is 0 Å². The Balaban J connectivity index is 1.67. The average Bonchev–Trinajstić information content (AvgIpc) is 2.88. The zero-order chi connectivity index (χ0) is 28.8. The molecule has 1 unspecified atom stereocenters. The van der Waals surface area contributed by atoms with Crippen molar-refractivity contribution in [3.63, 3.8) is 0 Å². The summed E-state index contributed by atoms with van der Waals surface area (Å²) in [4.78, 5) is 11.3. The minimum absolute atomic E-state index is 0.0833. The number of aliphatic carboxylic acids is 1. The molecule has 0 saturated heterocycles. The van der Waals surface area contributed by atoms with Gasteiger partial charge in [0, 0.05) is 13.0 Å². The van der Waals surface area contributed by atoms with Crippen LogP contribution in [0.3, 0.4) is 0 Å². The summed E-state index contributed by atoms with van der Waals surface area (Å²) in [7, 11) is 0. The normalized spacial score (nSPS) is 13.3. The number of rotatable bonds is 10. The molecule has 1 N–H and O–H groups in total. The number of benzene rings is 3. The van der Waals surface area contributed by atoms with E-state index in [0.29, 0.717) is 19.6 Å². The summed E-state index contributed by atoms with van der Waals surface area (Å²) in [6.07, 6.45) is 1.58. The standard InChI is InChI=1S/C35H44O4/c1-9-38-32(33(36)37)20-25-10-16-31(17-11-25)39-19-18-24(2)26-12-14-27(15-13-26)28-21-29(34(3,4)5)23-30(22-28)35(6,7)8/h10-18,21-23,32H,9,19-20H2,1-8H3,(H,36,37)/b24-18-. The van der Waals surface area contributed by atoms with Gasteiger partial charge in [-0.05, 0) is 81.8 Å². The third kappa shape index (κ3) is 8.56. The first-order valence-corrected chi connectivity index (χ1v) is 13.8. The highest BCUT2D eigenvalue weighted by atomic mass is 16.5. The number of carbonyl (C=O) groups is 1. The number of ether oxygens (including phenoxy) is 2. The Kier molecular flexibility index (Phi) is 9.79. The number of hydrogen-bond donors (Lipinski definition) is 1. The van der Waals surface area contributed by atoms with Crippen LogP contribution in [-0.4, -0.2) is 30.4 Å². The summed E-state index contributed by atoms with van der Waals surface area (Å²) < 4.78 is 11.2. The van der Waals surface area contributed by atoms with E-state index in [9.17, 15) is 9.90 Å². The Hall–Kier alpha value is -3.37. The maximum atomic E-state index is 11.3. The lowest BCUT2D eigenvalue weighted by Crippen LogP contribution is -2.26. The van der Waals surface area contributed by atoms with Crippen molar-refractivity contribution in [2.45, 2.75) is 78.7 Å². The van der Waals surface area contributed by atoms with Crippen LogP contribution in [0.4, 0.5) is 0 Å². The van der Waals surface area contributed by atoms with Crippen molar-refractivity contribution in [2.75, 3.05) is 13.2 Å². The molecule has 4 heteroatoms. The van der Waals surface area contributed by atoms with E-state index in [1.807, 2.05) is 24.3 Å². The van der Waals surface area contributed by atoms with Crippen LogP contribution in [0.15, 0.2) is 72.8 Å². The zero-order valence-electron chi connectivity index (χ0n) is 24.8. The van der Waals surface area contributed by atoms with Crippen molar-refractivity contribution >= 4 is 11.5 Å². The van der Waals surface area contributed by atoms with Crippen LogP contribution in [0.5, 0.6) is 5.75 Å². The zero-order valence-corrected chi connectivity index (χ0v) is 24.8. The molecule has 3 aromatic rings. The second-order valence-electron chi connectivity index (χ2n) is 12.2. The van der Waals surface area contributed by atoms with E-state index in [1.54, 1.807) is 6.92 Å². The summed E-state index contributed by atoms with van der Waals surface area (Å²) in [5.74, 6) is -0.200.